The third-order valence-corrected chi connectivity index (χ3v) is 6.22. The van der Waals surface area contributed by atoms with Gasteiger partial charge in [-0.2, -0.15) is 0 Å². The maximum Gasteiger partial charge on any atom is 0.225 e. The lowest BCUT2D eigenvalue weighted by Crippen LogP contribution is -2.51. The number of piperazine rings is 1. The normalized spacial score (nSPS) is 18.4. The Kier molecular flexibility index (Phi) is 6.43. The number of amides is 1. The van der Waals surface area contributed by atoms with Gasteiger partial charge in [-0.1, -0.05) is 12.1 Å². The van der Waals surface area contributed by atoms with E-state index in [4.69, 9.17) is 0 Å². The van der Waals surface area contributed by atoms with Gasteiger partial charge in [0.1, 0.15) is 12.1 Å². The van der Waals surface area contributed by atoms with E-state index in [-0.39, 0.29) is 17.6 Å². The third-order valence-electron chi connectivity index (χ3n) is 6.22. The van der Waals surface area contributed by atoms with Crippen LogP contribution >= 0.6 is 0 Å². The molecule has 0 radical (unpaired) electrons. The molecule has 2 aliphatic heterocycles. The minimum atomic E-state index is -0.202. The van der Waals surface area contributed by atoms with Crippen molar-refractivity contribution in [2.75, 3.05) is 44.2 Å². The van der Waals surface area contributed by atoms with Crippen molar-refractivity contribution < 1.29 is 14.0 Å². The molecular formula is C24H28FN3O2. The molecule has 2 aromatic rings. The highest BCUT2D eigenvalue weighted by atomic mass is 19.1. The van der Waals surface area contributed by atoms with Crippen LogP contribution < -0.4 is 4.90 Å². The number of aldehydes is 1. The Balaban J connectivity index is 1.24. The fourth-order valence-electron chi connectivity index (χ4n) is 4.43. The van der Waals surface area contributed by atoms with Crippen LogP contribution in [0.15, 0.2) is 48.5 Å². The Morgan fingerprint density at radius 2 is 1.67 bits per heavy atom. The number of carbonyl (C=O) groups excluding carboxylic acids is 2. The second-order valence-corrected chi connectivity index (χ2v) is 8.20. The largest absolute Gasteiger partial charge is 0.371 e. The van der Waals surface area contributed by atoms with Gasteiger partial charge < -0.3 is 9.80 Å². The Labute approximate surface area is 177 Å². The summed E-state index contributed by atoms with van der Waals surface area (Å²) in [4.78, 5) is 30.4. The van der Waals surface area contributed by atoms with E-state index in [9.17, 15) is 14.0 Å². The summed E-state index contributed by atoms with van der Waals surface area (Å²) in [5.74, 6) is 0.161. The van der Waals surface area contributed by atoms with Crippen LogP contribution in [0.3, 0.4) is 0 Å². The van der Waals surface area contributed by atoms with Crippen molar-refractivity contribution in [1.29, 1.82) is 0 Å². The lowest BCUT2D eigenvalue weighted by molar-refractivity contribution is -0.138. The van der Waals surface area contributed by atoms with Crippen LogP contribution in [0.5, 0.6) is 0 Å². The van der Waals surface area contributed by atoms with E-state index in [0.29, 0.717) is 5.56 Å². The molecule has 1 amide bonds. The Bertz CT molecular complexity index is 870. The molecule has 2 fully saturated rings. The molecule has 4 rings (SSSR count). The summed E-state index contributed by atoms with van der Waals surface area (Å²) in [5, 5.41) is 0. The van der Waals surface area contributed by atoms with Gasteiger partial charge >= 0.3 is 0 Å². The summed E-state index contributed by atoms with van der Waals surface area (Å²) in [7, 11) is 0. The van der Waals surface area contributed by atoms with Gasteiger partial charge in [0.25, 0.3) is 0 Å². The predicted octanol–water partition coefficient (Wildman–Crippen LogP) is 3.20. The van der Waals surface area contributed by atoms with Crippen LogP contribution in [-0.2, 0) is 11.3 Å². The lowest BCUT2D eigenvalue weighted by Gasteiger charge is -2.39. The number of benzene rings is 2. The summed E-state index contributed by atoms with van der Waals surface area (Å²) >= 11 is 0. The van der Waals surface area contributed by atoms with Crippen LogP contribution in [0.2, 0.25) is 0 Å². The standard InChI is InChI=1S/C24H28FN3O2/c25-22-3-1-2-20(16-22)17-26-12-14-28(15-13-26)24(30)21-8-10-27(11-9-21)23-6-4-19(18-29)5-7-23/h1-7,16,18,21H,8-15,17H2. The maximum atomic E-state index is 13.4. The molecule has 2 saturated heterocycles. The van der Waals surface area contributed by atoms with Crippen LogP contribution in [0.1, 0.15) is 28.8 Å². The van der Waals surface area contributed by atoms with Crippen molar-refractivity contribution in [2.45, 2.75) is 19.4 Å². The SMILES string of the molecule is O=Cc1ccc(N2CCC(C(=O)N3CCN(Cc4cccc(F)c4)CC3)CC2)cc1. The van der Waals surface area contributed by atoms with Gasteiger partial charge in [0.15, 0.2) is 0 Å². The third kappa shape index (κ3) is 4.87. The van der Waals surface area contributed by atoms with Gasteiger partial charge in [0.2, 0.25) is 5.91 Å². The average Bonchev–Trinajstić information content (AvgIpc) is 2.79. The van der Waals surface area contributed by atoms with Crippen LogP contribution in [-0.4, -0.2) is 61.3 Å². The molecular weight excluding hydrogens is 381 g/mol. The van der Waals surface area contributed by atoms with Crippen LogP contribution in [0.25, 0.3) is 0 Å². The maximum absolute atomic E-state index is 13.4. The summed E-state index contributed by atoms with van der Waals surface area (Å²) in [6.45, 7) is 5.56. The highest BCUT2D eigenvalue weighted by Crippen LogP contribution is 2.25. The van der Waals surface area contributed by atoms with Crippen LogP contribution in [0.4, 0.5) is 10.1 Å². The van der Waals surface area contributed by atoms with Gasteiger partial charge in [0.05, 0.1) is 0 Å². The van der Waals surface area contributed by atoms with Gasteiger partial charge in [0, 0.05) is 63.0 Å². The predicted molar refractivity (Wildman–Crippen MR) is 115 cm³/mol. The number of carbonyl (C=O) groups is 2. The molecule has 2 aromatic carbocycles. The highest BCUT2D eigenvalue weighted by molar-refractivity contribution is 5.79. The summed E-state index contributed by atoms with van der Waals surface area (Å²) in [6.07, 6.45) is 2.57. The molecule has 2 heterocycles. The van der Waals surface area contributed by atoms with Crippen LogP contribution in [0, 0.1) is 11.7 Å². The zero-order valence-corrected chi connectivity index (χ0v) is 17.2. The van der Waals surface area contributed by atoms with E-state index in [1.165, 1.54) is 6.07 Å². The molecule has 6 heteroatoms. The number of hydrogen-bond acceptors (Lipinski definition) is 4. The first kappa shape index (κ1) is 20.5. The zero-order chi connectivity index (χ0) is 20.9. The average molecular weight is 410 g/mol. The summed E-state index contributed by atoms with van der Waals surface area (Å²) in [5.41, 5.74) is 2.76. The Morgan fingerprint density at radius 3 is 2.30 bits per heavy atom. The molecule has 0 N–H and O–H groups in total. The van der Waals surface area contributed by atoms with Gasteiger partial charge in [-0.15, -0.1) is 0 Å². The zero-order valence-electron chi connectivity index (χ0n) is 17.2. The molecule has 0 bridgehead atoms. The Morgan fingerprint density at radius 1 is 0.967 bits per heavy atom. The number of nitrogens with zero attached hydrogens (tertiary/aromatic N) is 3. The molecule has 0 spiro atoms. The lowest BCUT2D eigenvalue weighted by atomic mass is 9.94. The minimum Gasteiger partial charge on any atom is -0.371 e. The summed E-state index contributed by atoms with van der Waals surface area (Å²) in [6, 6.07) is 14.4. The molecule has 0 aliphatic carbocycles. The Hall–Kier alpha value is -2.73. The monoisotopic (exact) mass is 409 g/mol. The van der Waals surface area contributed by atoms with Gasteiger partial charge in [-0.3, -0.25) is 14.5 Å². The first-order valence-corrected chi connectivity index (χ1v) is 10.7. The van der Waals surface area contributed by atoms with E-state index in [2.05, 4.69) is 9.80 Å². The number of halogens is 1. The van der Waals surface area contributed by atoms with E-state index in [1.54, 1.807) is 12.1 Å². The molecule has 2 aliphatic rings. The van der Waals surface area contributed by atoms with Crippen molar-refractivity contribution in [1.82, 2.24) is 9.80 Å². The van der Waals surface area contributed by atoms with E-state index >= 15 is 0 Å². The van der Waals surface area contributed by atoms with E-state index in [0.717, 1.165) is 76.2 Å². The number of piperidine rings is 1. The minimum absolute atomic E-state index is 0.0882. The van der Waals surface area contributed by atoms with Crippen molar-refractivity contribution in [3.8, 4) is 0 Å². The smallest absolute Gasteiger partial charge is 0.225 e. The van der Waals surface area contributed by atoms with Crippen molar-refractivity contribution >= 4 is 17.9 Å². The number of hydrogen-bond donors (Lipinski definition) is 0. The molecule has 30 heavy (non-hydrogen) atoms. The fourth-order valence-corrected chi connectivity index (χ4v) is 4.43. The second-order valence-electron chi connectivity index (χ2n) is 8.20. The molecule has 0 atom stereocenters. The molecule has 5 nitrogen and oxygen atoms in total. The molecule has 0 aromatic heterocycles. The molecule has 0 unspecified atom stereocenters. The topological polar surface area (TPSA) is 43.9 Å². The second kappa shape index (κ2) is 9.39. The van der Waals surface area contributed by atoms with E-state index < -0.39 is 0 Å². The number of anilines is 1. The fraction of sp³-hybridized carbons (Fsp3) is 0.417. The van der Waals surface area contributed by atoms with Crippen molar-refractivity contribution in [2.24, 2.45) is 5.92 Å². The van der Waals surface area contributed by atoms with Crippen molar-refractivity contribution in [3.05, 3.63) is 65.5 Å². The highest BCUT2D eigenvalue weighted by Gasteiger charge is 2.30. The number of rotatable bonds is 5. The molecule has 0 saturated carbocycles. The first-order chi connectivity index (χ1) is 14.6. The van der Waals surface area contributed by atoms with Gasteiger partial charge in [-0.25, -0.2) is 4.39 Å². The quantitative estimate of drug-likeness (QED) is 0.712. The molecule has 158 valence electrons. The van der Waals surface area contributed by atoms with Crippen molar-refractivity contribution in [3.63, 3.8) is 0 Å². The summed E-state index contributed by atoms with van der Waals surface area (Å²) < 4.78 is 13.4. The van der Waals surface area contributed by atoms with Gasteiger partial charge in [-0.05, 0) is 54.8 Å². The van der Waals surface area contributed by atoms with E-state index in [1.807, 2.05) is 35.2 Å². The first-order valence-electron chi connectivity index (χ1n) is 10.7.